The van der Waals surface area contributed by atoms with Crippen molar-refractivity contribution in [1.29, 1.82) is 0 Å². The van der Waals surface area contributed by atoms with Crippen LogP contribution in [-0.2, 0) is 23.4 Å². The van der Waals surface area contributed by atoms with Crippen molar-refractivity contribution in [2.75, 3.05) is 11.1 Å². The molecule has 0 bridgehead atoms. The maximum absolute atomic E-state index is 13.7. The zero-order chi connectivity index (χ0) is 20.4. The van der Waals surface area contributed by atoms with Gasteiger partial charge in [-0.2, -0.15) is 11.8 Å². The maximum atomic E-state index is 13.7. The molecule has 3 aromatic rings. The van der Waals surface area contributed by atoms with Crippen molar-refractivity contribution in [3.05, 3.63) is 56.2 Å². The number of aromatic amines is 1. The Bertz CT molecular complexity index is 1120. The minimum absolute atomic E-state index is 0.0577. The summed E-state index contributed by atoms with van der Waals surface area (Å²) in [6, 6.07) is 4.63. The van der Waals surface area contributed by atoms with E-state index in [0.717, 1.165) is 35.0 Å². The zero-order valence-electron chi connectivity index (χ0n) is 16.1. The lowest BCUT2D eigenvalue weighted by Gasteiger charge is -2.09. The van der Waals surface area contributed by atoms with E-state index in [9.17, 15) is 14.0 Å². The van der Waals surface area contributed by atoms with E-state index < -0.39 is 5.82 Å². The molecule has 8 heteroatoms. The van der Waals surface area contributed by atoms with Crippen LogP contribution >= 0.6 is 23.1 Å². The van der Waals surface area contributed by atoms with Crippen LogP contribution in [0.15, 0.2) is 23.0 Å². The highest BCUT2D eigenvalue weighted by atomic mass is 32.2. The van der Waals surface area contributed by atoms with Crippen molar-refractivity contribution in [3.63, 3.8) is 0 Å². The molecule has 0 atom stereocenters. The summed E-state index contributed by atoms with van der Waals surface area (Å²) in [7, 11) is 0. The van der Waals surface area contributed by atoms with Gasteiger partial charge in [0, 0.05) is 17.1 Å². The molecule has 1 aliphatic rings. The first-order chi connectivity index (χ1) is 14.0. The zero-order valence-corrected chi connectivity index (χ0v) is 17.8. The number of carbonyl (C=O) groups excluding carboxylic acids is 1. The number of carbonyl (C=O) groups is 1. The molecule has 1 aliphatic carbocycles. The van der Waals surface area contributed by atoms with Crippen LogP contribution in [-0.4, -0.2) is 21.6 Å². The Balaban J connectivity index is 1.33. The monoisotopic (exact) mass is 431 g/mol. The highest BCUT2D eigenvalue weighted by Gasteiger charge is 2.19. The van der Waals surface area contributed by atoms with Gasteiger partial charge in [0.1, 0.15) is 16.5 Å². The first-order valence-electron chi connectivity index (χ1n) is 9.68. The molecule has 0 radical (unpaired) electrons. The van der Waals surface area contributed by atoms with Crippen LogP contribution in [0.2, 0.25) is 0 Å². The number of fused-ring (bicyclic) bond motifs is 3. The summed E-state index contributed by atoms with van der Waals surface area (Å²) in [4.78, 5) is 34.3. The molecule has 0 fully saturated rings. The third-order valence-corrected chi connectivity index (χ3v) is 7.14. The number of H-pyrrole nitrogens is 1. The molecule has 152 valence electrons. The fraction of sp³-hybridized carbons (Fsp3) is 0.381. The van der Waals surface area contributed by atoms with Crippen molar-refractivity contribution < 1.29 is 9.18 Å². The summed E-state index contributed by atoms with van der Waals surface area (Å²) < 4.78 is 13.7. The summed E-state index contributed by atoms with van der Waals surface area (Å²) in [5.41, 5.74) is 2.22. The predicted molar refractivity (Wildman–Crippen MR) is 117 cm³/mol. The standard InChI is InChI=1S/C21H22FN3O2S2/c1-12-6-7-14(22)15(10-12)23-18(26)8-9-28-11-17-24-20(27)19-13-4-2-3-5-16(13)29-21(19)25-17/h6-7,10H,2-5,8-9,11H2,1H3,(H,23,26)(H,24,25,27). The number of anilines is 1. The Kier molecular flexibility index (Phi) is 6.01. The predicted octanol–water partition coefficient (Wildman–Crippen LogP) is 4.57. The number of amides is 1. The minimum Gasteiger partial charge on any atom is -0.324 e. The molecular weight excluding hydrogens is 409 g/mol. The summed E-state index contributed by atoms with van der Waals surface area (Å²) in [6.45, 7) is 1.85. The van der Waals surface area contributed by atoms with Crippen molar-refractivity contribution in [2.45, 2.75) is 44.8 Å². The summed E-state index contributed by atoms with van der Waals surface area (Å²) >= 11 is 3.16. The second kappa shape index (κ2) is 8.67. The van der Waals surface area contributed by atoms with E-state index in [1.165, 1.54) is 34.7 Å². The van der Waals surface area contributed by atoms with Crippen LogP contribution in [0.1, 0.15) is 41.1 Å². The number of thiophene rings is 1. The molecule has 29 heavy (non-hydrogen) atoms. The van der Waals surface area contributed by atoms with E-state index in [-0.39, 0.29) is 23.6 Å². The number of benzene rings is 1. The van der Waals surface area contributed by atoms with Gasteiger partial charge >= 0.3 is 0 Å². The highest BCUT2D eigenvalue weighted by molar-refractivity contribution is 7.98. The Morgan fingerprint density at radius 2 is 2.17 bits per heavy atom. The molecule has 0 spiro atoms. The SMILES string of the molecule is Cc1ccc(F)c(NC(=O)CCSCc2nc3sc4c(c3c(=O)[nH]2)CCCC4)c1. The van der Waals surface area contributed by atoms with Crippen molar-refractivity contribution in [2.24, 2.45) is 0 Å². The number of rotatable bonds is 6. The van der Waals surface area contributed by atoms with E-state index in [2.05, 4.69) is 15.3 Å². The summed E-state index contributed by atoms with van der Waals surface area (Å²) in [5.74, 6) is 1.05. The molecule has 0 unspecified atom stereocenters. The first-order valence-corrected chi connectivity index (χ1v) is 11.7. The number of hydrogen-bond donors (Lipinski definition) is 2. The Morgan fingerprint density at radius 3 is 3.03 bits per heavy atom. The van der Waals surface area contributed by atoms with Gasteiger partial charge in [0.05, 0.1) is 16.8 Å². The molecule has 0 aliphatic heterocycles. The second-order valence-corrected chi connectivity index (χ2v) is 9.43. The highest BCUT2D eigenvalue weighted by Crippen LogP contribution is 2.33. The lowest BCUT2D eigenvalue weighted by molar-refractivity contribution is -0.115. The molecule has 5 nitrogen and oxygen atoms in total. The quantitative estimate of drug-likeness (QED) is 0.561. The van der Waals surface area contributed by atoms with Gasteiger partial charge in [-0.25, -0.2) is 9.37 Å². The molecule has 1 aromatic carbocycles. The van der Waals surface area contributed by atoms with Gasteiger partial charge in [-0.05, 0) is 55.9 Å². The van der Waals surface area contributed by atoms with Crippen LogP contribution in [0, 0.1) is 12.7 Å². The van der Waals surface area contributed by atoms with E-state index >= 15 is 0 Å². The maximum Gasteiger partial charge on any atom is 0.259 e. The van der Waals surface area contributed by atoms with E-state index in [0.29, 0.717) is 17.3 Å². The van der Waals surface area contributed by atoms with Crippen LogP contribution < -0.4 is 10.9 Å². The van der Waals surface area contributed by atoms with E-state index in [1.807, 2.05) is 6.92 Å². The number of nitrogens with zero attached hydrogens (tertiary/aromatic N) is 1. The molecule has 0 saturated heterocycles. The molecule has 2 heterocycles. The third-order valence-electron chi connectivity index (χ3n) is 4.98. The average Bonchev–Trinajstić information content (AvgIpc) is 3.07. The summed E-state index contributed by atoms with van der Waals surface area (Å²) in [5, 5.41) is 3.37. The van der Waals surface area contributed by atoms with Gasteiger partial charge < -0.3 is 10.3 Å². The third kappa shape index (κ3) is 4.53. The lowest BCUT2D eigenvalue weighted by Crippen LogP contribution is -2.14. The van der Waals surface area contributed by atoms with Gasteiger partial charge in [0.15, 0.2) is 0 Å². The van der Waals surface area contributed by atoms with E-state index in [4.69, 9.17) is 0 Å². The Hall–Kier alpha value is -2.19. The number of hydrogen-bond acceptors (Lipinski definition) is 5. The Morgan fingerprint density at radius 1 is 1.34 bits per heavy atom. The van der Waals surface area contributed by atoms with Gasteiger partial charge in [0.25, 0.3) is 5.56 Å². The number of halogens is 1. The van der Waals surface area contributed by atoms with Crippen molar-refractivity contribution in [1.82, 2.24) is 9.97 Å². The van der Waals surface area contributed by atoms with Gasteiger partial charge in [-0.1, -0.05) is 6.07 Å². The smallest absolute Gasteiger partial charge is 0.259 e. The van der Waals surface area contributed by atoms with Gasteiger partial charge in [0.2, 0.25) is 5.91 Å². The molecule has 0 saturated carbocycles. The number of nitrogens with one attached hydrogen (secondary N) is 2. The Labute approximate surface area is 176 Å². The topological polar surface area (TPSA) is 74.8 Å². The molecule has 2 aromatic heterocycles. The normalized spacial score (nSPS) is 13.4. The number of aryl methyl sites for hydroxylation is 3. The van der Waals surface area contributed by atoms with Crippen LogP contribution in [0.25, 0.3) is 10.2 Å². The fourth-order valence-electron chi connectivity index (χ4n) is 3.56. The fourth-order valence-corrected chi connectivity index (χ4v) is 5.64. The molecule has 2 N–H and O–H groups in total. The minimum atomic E-state index is -0.440. The molecule has 4 rings (SSSR count). The van der Waals surface area contributed by atoms with Crippen LogP contribution in [0.4, 0.5) is 10.1 Å². The largest absolute Gasteiger partial charge is 0.324 e. The van der Waals surface area contributed by atoms with E-state index in [1.54, 1.807) is 23.5 Å². The first kappa shape index (κ1) is 20.1. The second-order valence-electron chi connectivity index (χ2n) is 7.24. The van der Waals surface area contributed by atoms with Gasteiger partial charge in [-0.15, -0.1) is 11.3 Å². The number of aromatic nitrogens is 2. The number of thioether (sulfide) groups is 1. The average molecular weight is 432 g/mol. The summed E-state index contributed by atoms with van der Waals surface area (Å²) in [6.07, 6.45) is 4.57. The van der Waals surface area contributed by atoms with Gasteiger partial charge in [-0.3, -0.25) is 9.59 Å². The van der Waals surface area contributed by atoms with Crippen molar-refractivity contribution in [3.8, 4) is 0 Å². The molecular formula is C21H22FN3O2S2. The van der Waals surface area contributed by atoms with Crippen molar-refractivity contribution >= 4 is 44.9 Å². The van der Waals surface area contributed by atoms with Crippen LogP contribution in [0.5, 0.6) is 0 Å². The van der Waals surface area contributed by atoms with Crippen LogP contribution in [0.3, 0.4) is 0 Å². The lowest BCUT2D eigenvalue weighted by atomic mass is 9.97. The molecule has 1 amide bonds.